The predicted molar refractivity (Wildman–Crippen MR) is 80.7 cm³/mol. The Morgan fingerprint density at radius 1 is 1.21 bits per heavy atom. The number of rotatable bonds is 8. The van der Waals surface area contributed by atoms with E-state index in [1.165, 1.54) is 25.7 Å². The van der Waals surface area contributed by atoms with Gasteiger partial charge >= 0.3 is 0 Å². The van der Waals surface area contributed by atoms with Crippen molar-refractivity contribution < 1.29 is 0 Å². The predicted octanol–water partition coefficient (Wildman–Crippen LogP) is 2.36. The van der Waals surface area contributed by atoms with Crippen LogP contribution in [0.1, 0.15) is 46.5 Å². The Hall–Kier alpha value is -1.56. The molecule has 108 valence electrons. The summed E-state index contributed by atoms with van der Waals surface area (Å²) in [6.07, 6.45) is 4.98. The van der Waals surface area contributed by atoms with Crippen molar-refractivity contribution in [3.05, 3.63) is 6.07 Å². The highest BCUT2D eigenvalue weighted by Crippen LogP contribution is 2.24. The molecule has 0 atom stereocenters. The molecule has 1 aromatic heterocycles. The third kappa shape index (κ3) is 5.74. The molecule has 1 rings (SSSR count). The van der Waals surface area contributed by atoms with E-state index in [0.717, 1.165) is 6.54 Å². The highest BCUT2D eigenvalue weighted by molar-refractivity contribution is 5.50. The Bertz CT molecular complexity index is 391. The molecule has 0 fully saturated rings. The van der Waals surface area contributed by atoms with Crippen molar-refractivity contribution in [2.24, 2.45) is 11.3 Å². The summed E-state index contributed by atoms with van der Waals surface area (Å²) in [5, 5.41) is 3.30. The molecule has 0 aliphatic heterocycles. The monoisotopic (exact) mass is 266 g/mol. The molecule has 0 saturated heterocycles. The van der Waals surface area contributed by atoms with Crippen LogP contribution in [0, 0.1) is 5.41 Å². The van der Waals surface area contributed by atoms with Gasteiger partial charge in [-0.05, 0) is 11.8 Å². The standard InChI is InChI=1S/C13H26N6/c1-4-5-6-7-13(2,3)9-16-10-8-11(19-15)18-12(14)17-10/h8H,4-7,9,15H2,1-3H3,(H4,14,16,17,18,19). The summed E-state index contributed by atoms with van der Waals surface area (Å²) in [7, 11) is 0. The first-order chi connectivity index (χ1) is 8.96. The minimum absolute atomic E-state index is 0.210. The molecule has 0 spiro atoms. The molecule has 0 aliphatic rings. The molecule has 6 heteroatoms. The number of unbranched alkanes of at least 4 members (excludes halogenated alkanes) is 2. The molecule has 0 bridgehead atoms. The highest BCUT2D eigenvalue weighted by Gasteiger charge is 2.17. The number of anilines is 3. The minimum Gasteiger partial charge on any atom is -0.369 e. The molecule has 19 heavy (non-hydrogen) atoms. The number of nitrogen functional groups attached to an aromatic ring is 2. The van der Waals surface area contributed by atoms with Gasteiger partial charge in [-0.25, -0.2) is 5.84 Å². The summed E-state index contributed by atoms with van der Waals surface area (Å²) in [6, 6.07) is 1.75. The van der Waals surface area contributed by atoms with Gasteiger partial charge in [0, 0.05) is 12.6 Å². The second-order valence-electron chi connectivity index (χ2n) is 5.62. The summed E-state index contributed by atoms with van der Waals surface area (Å²) in [5.74, 6) is 6.75. The normalized spacial score (nSPS) is 11.4. The van der Waals surface area contributed by atoms with Crippen LogP contribution in [-0.4, -0.2) is 16.5 Å². The Balaban J connectivity index is 2.53. The first-order valence-electron chi connectivity index (χ1n) is 6.82. The van der Waals surface area contributed by atoms with E-state index in [2.05, 4.69) is 41.5 Å². The Morgan fingerprint density at radius 2 is 1.89 bits per heavy atom. The lowest BCUT2D eigenvalue weighted by Gasteiger charge is -2.25. The fourth-order valence-corrected chi connectivity index (χ4v) is 1.90. The molecule has 1 heterocycles. The Morgan fingerprint density at radius 3 is 2.53 bits per heavy atom. The molecule has 0 aliphatic carbocycles. The van der Waals surface area contributed by atoms with E-state index in [0.29, 0.717) is 11.6 Å². The lowest BCUT2D eigenvalue weighted by atomic mass is 9.87. The largest absolute Gasteiger partial charge is 0.369 e. The van der Waals surface area contributed by atoms with Gasteiger partial charge in [0.15, 0.2) is 0 Å². The van der Waals surface area contributed by atoms with Gasteiger partial charge in [-0.1, -0.05) is 40.0 Å². The van der Waals surface area contributed by atoms with Crippen molar-refractivity contribution >= 4 is 17.6 Å². The van der Waals surface area contributed by atoms with E-state index in [4.69, 9.17) is 11.6 Å². The quantitative estimate of drug-likeness (QED) is 0.327. The number of hydrogen-bond acceptors (Lipinski definition) is 6. The zero-order valence-corrected chi connectivity index (χ0v) is 12.2. The molecule has 6 nitrogen and oxygen atoms in total. The van der Waals surface area contributed by atoms with Gasteiger partial charge in [0.25, 0.3) is 0 Å². The van der Waals surface area contributed by atoms with Crippen LogP contribution in [0.25, 0.3) is 0 Å². The van der Waals surface area contributed by atoms with Gasteiger partial charge < -0.3 is 16.5 Å². The maximum atomic E-state index is 5.61. The summed E-state index contributed by atoms with van der Waals surface area (Å²) >= 11 is 0. The van der Waals surface area contributed by atoms with Crippen LogP contribution >= 0.6 is 0 Å². The zero-order chi connectivity index (χ0) is 14.3. The summed E-state index contributed by atoms with van der Waals surface area (Å²) in [5.41, 5.74) is 8.32. The number of aromatic nitrogens is 2. The molecule has 0 radical (unpaired) electrons. The van der Waals surface area contributed by atoms with Crippen LogP contribution in [0.2, 0.25) is 0 Å². The Kier molecular flexibility index (Phi) is 5.82. The van der Waals surface area contributed by atoms with Crippen molar-refractivity contribution in [1.29, 1.82) is 0 Å². The lowest BCUT2D eigenvalue weighted by molar-refractivity contribution is 0.342. The molecule has 0 aromatic carbocycles. The Labute approximate surface area is 115 Å². The van der Waals surface area contributed by atoms with Gasteiger partial charge in [-0.15, -0.1) is 0 Å². The fourth-order valence-electron chi connectivity index (χ4n) is 1.90. The SMILES string of the molecule is CCCCCC(C)(C)CNc1cc(NN)nc(N)n1. The van der Waals surface area contributed by atoms with Crippen molar-refractivity contribution in [2.45, 2.75) is 46.5 Å². The average Bonchev–Trinajstić information content (AvgIpc) is 2.36. The second kappa shape index (κ2) is 7.13. The van der Waals surface area contributed by atoms with Gasteiger partial charge in [0.1, 0.15) is 11.6 Å². The average molecular weight is 266 g/mol. The molecular formula is C13H26N6. The van der Waals surface area contributed by atoms with Gasteiger partial charge in [0.2, 0.25) is 5.95 Å². The third-order valence-electron chi connectivity index (χ3n) is 3.10. The van der Waals surface area contributed by atoms with E-state index in [1.807, 2.05) is 0 Å². The zero-order valence-electron chi connectivity index (χ0n) is 12.2. The third-order valence-corrected chi connectivity index (χ3v) is 3.10. The van der Waals surface area contributed by atoms with Crippen LogP contribution in [0.3, 0.4) is 0 Å². The van der Waals surface area contributed by atoms with Crippen molar-refractivity contribution in [1.82, 2.24) is 9.97 Å². The van der Waals surface area contributed by atoms with Crippen LogP contribution < -0.4 is 22.3 Å². The first-order valence-corrected chi connectivity index (χ1v) is 6.82. The smallest absolute Gasteiger partial charge is 0.223 e. The number of hydrazine groups is 1. The first kappa shape index (κ1) is 15.5. The van der Waals surface area contributed by atoms with Crippen LogP contribution in [-0.2, 0) is 0 Å². The number of nitrogens with one attached hydrogen (secondary N) is 2. The van der Waals surface area contributed by atoms with E-state index in [1.54, 1.807) is 6.07 Å². The fraction of sp³-hybridized carbons (Fsp3) is 0.692. The maximum absolute atomic E-state index is 5.61. The molecule has 6 N–H and O–H groups in total. The van der Waals surface area contributed by atoms with E-state index >= 15 is 0 Å². The molecule has 0 saturated carbocycles. The number of nitrogens with two attached hydrogens (primary N) is 2. The van der Waals surface area contributed by atoms with Crippen LogP contribution in [0.15, 0.2) is 6.07 Å². The summed E-state index contributed by atoms with van der Waals surface area (Å²) in [6.45, 7) is 7.57. The lowest BCUT2D eigenvalue weighted by Crippen LogP contribution is -2.24. The van der Waals surface area contributed by atoms with E-state index < -0.39 is 0 Å². The second-order valence-corrected chi connectivity index (χ2v) is 5.62. The van der Waals surface area contributed by atoms with Crippen LogP contribution in [0.5, 0.6) is 0 Å². The van der Waals surface area contributed by atoms with Crippen molar-refractivity contribution in [3.63, 3.8) is 0 Å². The maximum Gasteiger partial charge on any atom is 0.223 e. The molecule has 1 aromatic rings. The summed E-state index contributed by atoms with van der Waals surface area (Å²) in [4.78, 5) is 8.09. The molecule has 0 amide bonds. The van der Waals surface area contributed by atoms with Crippen LogP contribution in [0.4, 0.5) is 17.6 Å². The molecular weight excluding hydrogens is 240 g/mol. The highest BCUT2D eigenvalue weighted by atomic mass is 15.3. The van der Waals surface area contributed by atoms with Gasteiger partial charge in [0.05, 0.1) is 0 Å². The minimum atomic E-state index is 0.210. The van der Waals surface area contributed by atoms with E-state index in [9.17, 15) is 0 Å². The van der Waals surface area contributed by atoms with Gasteiger partial charge in [-0.3, -0.25) is 0 Å². The van der Waals surface area contributed by atoms with E-state index in [-0.39, 0.29) is 11.4 Å². The molecule has 0 unspecified atom stereocenters. The number of nitrogens with zero attached hydrogens (tertiary/aromatic N) is 2. The van der Waals surface area contributed by atoms with Gasteiger partial charge in [-0.2, -0.15) is 9.97 Å². The van der Waals surface area contributed by atoms with Crippen molar-refractivity contribution in [3.8, 4) is 0 Å². The summed E-state index contributed by atoms with van der Waals surface area (Å²) < 4.78 is 0. The topological polar surface area (TPSA) is 102 Å². The number of hydrogen-bond donors (Lipinski definition) is 4. The van der Waals surface area contributed by atoms with Crippen molar-refractivity contribution in [2.75, 3.05) is 23.0 Å².